The molecule has 1 aliphatic heterocycles. The highest BCUT2D eigenvalue weighted by molar-refractivity contribution is 6.08. The molecule has 4 rings (SSSR count). The van der Waals surface area contributed by atoms with E-state index in [1.165, 1.54) is 25.2 Å². The second-order valence-electron chi connectivity index (χ2n) is 8.65. The first-order valence-corrected chi connectivity index (χ1v) is 11.9. The van der Waals surface area contributed by atoms with Crippen molar-refractivity contribution in [2.45, 2.75) is 12.8 Å². The van der Waals surface area contributed by atoms with Gasteiger partial charge in [0.15, 0.2) is 0 Å². The number of rotatable bonds is 6. The van der Waals surface area contributed by atoms with Gasteiger partial charge in [-0.3, -0.25) is 9.69 Å². The molecule has 1 heterocycles. The van der Waals surface area contributed by atoms with Crippen molar-refractivity contribution in [1.29, 1.82) is 5.26 Å². The van der Waals surface area contributed by atoms with Crippen molar-refractivity contribution in [3.63, 3.8) is 0 Å². The number of para-hydroxylation sites is 1. The summed E-state index contributed by atoms with van der Waals surface area (Å²) in [5.74, 6) is -3.17. The van der Waals surface area contributed by atoms with Crippen LogP contribution >= 0.6 is 0 Å². The molecule has 1 aliphatic rings. The maximum absolute atomic E-state index is 13.2. The Morgan fingerprint density at radius 1 is 0.923 bits per heavy atom. The van der Waals surface area contributed by atoms with E-state index in [1.807, 2.05) is 25.1 Å². The fraction of sp³-hybridized carbons (Fsp3) is 0.133. The van der Waals surface area contributed by atoms with Gasteiger partial charge >= 0.3 is 11.9 Å². The number of hydrogen-bond donors (Lipinski definition) is 2. The van der Waals surface area contributed by atoms with Crippen LogP contribution in [0, 0.1) is 18.3 Å². The van der Waals surface area contributed by atoms with Crippen LogP contribution in [0.3, 0.4) is 0 Å². The van der Waals surface area contributed by atoms with E-state index in [4.69, 9.17) is 15.2 Å². The molecule has 1 atom stereocenters. The van der Waals surface area contributed by atoms with Crippen molar-refractivity contribution >= 4 is 29.2 Å². The maximum atomic E-state index is 13.2. The summed E-state index contributed by atoms with van der Waals surface area (Å²) in [5, 5.41) is 13.0. The summed E-state index contributed by atoms with van der Waals surface area (Å²) in [6.45, 7) is 1.87. The Morgan fingerprint density at radius 3 is 2.23 bits per heavy atom. The van der Waals surface area contributed by atoms with Crippen LogP contribution in [-0.4, -0.2) is 32.1 Å². The number of amides is 1. The minimum Gasteiger partial charge on any atom is -0.466 e. The lowest BCUT2D eigenvalue weighted by molar-refractivity contribution is -0.139. The first kappa shape index (κ1) is 26.7. The number of hydrogen-bond acceptors (Lipinski definition) is 8. The lowest BCUT2D eigenvalue weighted by Gasteiger charge is -2.36. The van der Waals surface area contributed by atoms with Crippen molar-refractivity contribution in [2.24, 2.45) is 5.73 Å². The average molecular weight is 523 g/mol. The SMILES string of the molecule is COC(=O)C1=C(C(=O)OC)N(c2cccc(C(=O)Nc3ccccc3C)c2)C(N)=C(C#N)C1c1ccccc1. The van der Waals surface area contributed by atoms with Crippen molar-refractivity contribution in [3.05, 3.63) is 118 Å². The number of methoxy groups -OCH3 is 2. The standard InChI is InChI=1S/C30H26N4O5/c1-18-10-7-8-15-23(18)33-28(35)20-13-9-14-21(16-20)34-26(30(37)39-3)25(29(36)38-2)24(22(17-31)27(34)32)19-11-5-4-6-12-19/h4-16,24H,32H2,1-3H3,(H,33,35). The Morgan fingerprint density at radius 2 is 1.59 bits per heavy atom. The van der Waals surface area contributed by atoms with Gasteiger partial charge in [-0.15, -0.1) is 0 Å². The zero-order valence-corrected chi connectivity index (χ0v) is 21.6. The van der Waals surface area contributed by atoms with Crippen molar-refractivity contribution in [3.8, 4) is 6.07 Å². The number of nitriles is 1. The van der Waals surface area contributed by atoms with Gasteiger partial charge in [0.1, 0.15) is 11.5 Å². The lowest BCUT2D eigenvalue weighted by Crippen LogP contribution is -2.40. The number of ether oxygens (including phenoxy) is 2. The number of anilines is 2. The van der Waals surface area contributed by atoms with Gasteiger partial charge in [-0.05, 0) is 42.3 Å². The number of nitrogens with two attached hydrogens (primary N) is 1. The second kappa shape index (κ2) is 11.4. The fourth-order valence-corrected chi connectivity index (χ4v) is 4.48. The Kier molecular flexibility index (Phi) is 7.77. The third kappa shape index (κ3) is 5.08. The summed E-state index contributed by atoms with van der Waals surface area (Å²) in [6, 6.07) is 24.5. The van der Waals surface area contributed by atoms with Gasteiger partial charge in [0.25, 0.3) is 5.91 Å². The van der Waals surface area contributed by atoms with E-state index in [0.29, 0.717) is 11.3 Å². The molecular formula is C30H26N4O5. The van der Waals surface area contributed by atoms with Crippen LogP contribution in [0.15, 0.2) is 102 Å². The minimum atomic E-state index is -0.985. The summed E-state index contributed by atoms with van der Waals surface area (Å²) in [4.78, 5) is 40.8. The summed E-state index contributed by atoms with van der Waals surface area (Å²) in [7, 11) is 2.35. The number of nitrogens with zero attached hydrogens (tertiary/aromatic N) is 2. The normalized spacial score (nSPS) is 14.9. The molecule has 0 aromatic heterocycles. The maximum Gasteiger partial charge on any atom is 0.355 e. The Bertz CT molecular complexity index is 1550. The van der Waals surface area contributed by atoms with Crippen LogP contribution in [0.25, 0.3) is 0 Å². The molecule has 196 valence electrons. The number of esters is 2. The molecule has 0 aliphatic carbocycles. The van der Waals surface area contributed by atoms with Gasteiger partial charge in [-0.1, -0.05) is 54.6 Å². The molecule has 0 bridgehead atoms. The Balaban J connectivity index is 1.90. The zero-order valence-electron chi connectivity index (χ0n) is 21.6. The summed E-state index contributed by atoms with van der Waals surface area (Å²) in [6.07, 6.45) is 0. The van der Waals surface area contributed by atoms with Crippen molar-refractivity contribution in [1.82, 2.24) is 0 Å². The lowest BCUT2D eigenvalue weighted by atomic mass is 9.81. The first-order chi connectivity index (χ1) is 18.8. The molecule has 3 aromatic carbocycles. The molecule has 9 heteroatoms. The molecule has 0 saturated carbocycles. The average Bonchev–Trinajstić information content (AvgIpc) is 2.97. The predicted octanol–water partition coefficient (Wildman–Crippen LogP) is 4.15. The molecule has 0 saturated heterocycles. The third-order valence-electron chi connectivity index (χ3n) is 6.37. The number of carbonyl (C=O) groups excluding carboxylic acids is 3. The number of carbonyl (C=O) groups is 3. The third-order valence-corrected chi connectivity index (χ3v) is 6.37. The van der Waals surface area contributed by atoms with Crippen LogP contribution in [0.4, 0.5) is 11.4 Å². The number of allylic oxidation sites excluding steroid dienone is 1. The molecule has 1 unspecified atom stereocenters. The van der Waals surface area contributed by atoms with Gasteiger partial charge in [-0.25, -0.2) is 9.59 Å². The second-order valence-corrected chi connectivity index (χ2v) is 8.65. The highest BCUT2D eigenvalue weighted by Crippen LogP contribution is 2.43. The van der Waals surface area contributed by atoms with Crippen LogP contribution in [0.1, 0.15) is 27.4 Å². The van der Waals surface area contributed by atoms with Gasteiger partial charge < -0.3 is 20.5 Å². The molecule has 3 aromatic rings. The fourth-order valence-electron chi connectivity index (χ4n) is 4.48. The van der Waals surface area contributed by atoms with Crippen LogP contribution in [0.5, 0.6) is 0 Å². The topological polar surface area (TPSA) is 135 Å². The largest absolute Gasteiger partial charge is 0.466 e. The van der Waals surface area contributed by atoms with E-state index in [-0.39, 0.29) is 33.9 Å². The van der Waals surface area contributed by atoms with Crippen molar-refractivity contribution < 1.29 is 23.9 Å². The van der Waals surface area contributed by atoms with E-state index in [2.05, 4.69) is 11.4 Å². The molecule has 39 heavy (non-hydrogen) atoms. The van der Waals surface area contributed by atoms with Crippen LogP contribution in [0.2, 0.25) is 0 Å². The molecule has 0 radical (unpaired) electrons. The quantitative estimate of drug-likeness (QED) is 0.461. The monoisotopic (exact) mass is 522 g/mol. The van der Waals surface area contributed by atoms with Crippen molar-refractivity contribution in [2.75, 3.05) is 24.4 Å². The number of benzene rings is 3. The molecule has 0 spiro atoms. The van der Waals surface area contributed by atoms with Crippen LogP contribution < -0.4 is 16.0 Å². The van der Waals surface area contributed by atoms with E-state index in [1.54, 1.807) is 54.6 Å². The minimum absolute atomic E-state index is 0.0315. The molecule has 3 N–H and O–H groups in total. The Hall–Kier alpha value is -5.36. The van der Waals surface area contributed by atoms with E-state index in [9.17, 15) is 19.6 Å². The Labute approximate surface area is 225 Å². The zero-order chi connectivity index (χ0) is 28.1. The molecule has 9 nitrogen and oxygen atoms in total. The smallest absolute Gasteiger partial charge is 0.355 e. The summed E-state index contributed by atoms with van der Waals surface area (Å²) < 4.78 is 10.1. The van der Waals surface area contributed by atoms with Gasteiger partial charge in [0.05, 0.1) is 37.4 Å². The number of nitrogens with one attached hydrogen (secondary N) is 1. The van der Waals surface area contributed by atoms with Gasteiger partial charge in [0.2, 0.25) is 0 Å². The highest BCUT2D eigenvalue weighted by atomic mass is 16.5. The molecular weight excluding hydrogens is 496 g/mol. The number of aryl methyl sites for hydroxylation is 1. The predicted molar refractivity (Wildman–Crippen MR) is 145 cm³/mol. The highest BCUT2D eigenvalue weighted by Gasteiger charge is 2.43. The van der Waals surface area contributed by atoms with Gasteiger partial charge in [-0.2, -0.15) is 5.26 Å². The molecule has 1 amide bonds. The summed E-state index contributed by atoms with van der Waals surface area (Å²) >= 11 is 0. The van der Waals surface area contributed by atoms with E-state index in [0.717, 1.165) is 5.56 Å². The van der Waals surface area contributed by atoms with Gasteiger partial charge in [0, 0.05) is 16.9 Å². The molecule has 0 fully saturated rings. The van der Waals surface area contributed by atoms with E-state index < -0.39 is 23.8 Å². The van der Waals surface area contributed by atoms with Crippen LogP contribution in [-0.2, 0) is 19.1 Å². The van der Waals surface area contributed by atoms with E-state index >= 15 is 0 Å². The summed E-state index contributed by atoms with van der Waals surface area (Å²) in [5.41, 5.74) is 8.86. The first-order valence-electron chi connectivity index (χ1n) is 11.9.